The van der Waals surface area contributed by atoms with Gasteiger partial charge in [-0.15, -0.1) is 0 Å². The highest BCUT2D eigenvalue weighted by Gasteiger charge is 2.30. The molecular weight excluding hydrogens is 414 g/mol. The lowest BCUT2D eigenvalue weighted by molar-refractivity contribution is 0.0784. The van der Waals surface area contributed by atoms with E-state index in [2.05, 4.69) is 4.72 Å². The first kappa shape index (κ1) is 20.1. The van der Waals surface area contributed by atoms with Gasteiger partial charge in [-0.1, -0.05) is 29.3 Å². The summed E-state index contributed by atoms with van der Waals surface area (Å²) in [5.41, 5.74) is 0.834. The van der Waals surface area contributed by atoms with Gasteiger partial charge in [0, 0.05) is 25.2 Å². The standard InChI is InChI=1S/C18H17Cl2FN2O3S/c1-23(10-11-2-6-14(19)15(20)8-11)18(24)12-3-7-16(21)17(9-12)27(25,26)22-13-4-5-13/h2-3,6-9,13,22H,4-5,10H2,1H3. The van der Waals surface area contributed by atoms with Crippen molar-refractivity contribution in [1.82, 2.24) is 9.62 Å². The fraction of sp³-hybridized carbons (Fsp3) is 0.278. The number of amides is 1. The molecule has 0 unspecified atom stereocenters. The van der Waals surface area contributed by atoms with Crippen LogP contribution in [0.3, 0.4) is 0 Å². The Labute approximate surface area is 167 Å². The summed E-state index contributed by atoms with van der Waals surface area (Å²) in [5, 5.41) is 0.780. The molecule has 1 fully saturated rings. The molecule has 2 aromatic rings. The van der Waals surface area contributed by atoms with Crippen molar-refractivity contribution in [2.45, 2.75) is 30.3 Å². The van der Waals surface area contributed by atoms with Crippen LogP contribution in [0.4, 0.5) is 4.39 Å². The van der Waals surface area contributed by atoms with E-state index in [9.17, 15) is 17.6 Å². The monoisotopic (exact) mass is 430 g/mol. The largest absolute Gasteiger partial charge is 0.337 e. The van der Waals surface area contributed by atoms with E-state index in [1.54, 1.807) is 25.2 Å². The Hall–Kier alpha value is -1.67. The molecule has 1 aliphatic carbocycles. The zero-order chi connectivity index (χ0) is 19.8. The van der Waals surface area contributed by atoms with Crippen LogP contribution >= 0.6 is 23.2 Å². The highest BCUT2D eigenvalue weighted by atomic mass is 35.5. The molecule has 5 nitrogen and oxygen atoms in total. The molecule has 0 radical (unpaired) electrons. The second-order valence-electron chi connectivity index (χ2n) is 6.45. The van der Waals surface area contributed by atoms with Gasteiger partial charge in [-0.3, -0.25) is 4.79 Å². The Morgan fingerprint density at radius 3 is 2.52 bits per heavy atom. The van der Waals surface area contributed by atoms with E-state index in [1.165, 1.54) is 11.0 Å². The summed E-state index contributed by atoms with van der Waals surface area (Å²) < 4.78 is 41.1. The first-order valence-corrected chi connectivity index (χ1v) is 10.4. The third-order valence-electron chi connectivity index (χ3n) is 4.12. The van der Waals surface area contributed by atoms with Gasteiger partial charge in [-0.05, 0) is 48.7 Å². The van der Waals surface area contributed by atoms with E-state index in [0.29, 0.717) is 10.0 Å². The number of nitrogens with one attached hydrogen (secondary N) is 1. The summed E-state index contributed by atoms with van der Waals surface area (Å²) in [6.07, 6.45) is 1.46. The van der Waals surface area contributed by atoms with Gasteiger partial charge in [-0.25, -0.2) is 17.5 Å². The zero-order valence-corrected chi connectivity index (χ0v) is 16.7. The maximum Gasteiger partial charge on any atom is 0.253 e. The van der Waals surface area contributed by atoms with Gasteiger partial charge < -0.3 is 4.90 Å². The van der Waals surface area contributed by atoms with Crippen LogP contribution in [0.2, 0.25) is 10.0 Å². The second kappa shape index (κ2) is 7.75. The Morgan fingerprint density at radius 2 is 1.89 bits per heavy atom. The number of rotatable bonds is 6. The molecule has 1 saturated carbocycles. The van der Waals surface area contributed by atoms with Crippen LogP contribution in [0.5, 0.6) is 0 Å². The van der Waals surface area contributed by atoms with Crippen molar-refractivity contribution in [3.63, 3.8) is 0 Å². The van der Waals surface area contributed by atoms with Crippen molar-refractivity contribution in [1.29, 1.82) is 0 Å². The van der Waals surface area contributed by atoms with Gasteiger partial charge in [0.05, 0.1) is 10.0 Å². The van der Waals surface area contributed by atoms with E-state index < -0.39 is 26.6 Å². The third-order valence-corrected chi connectivity index (χ3v) is 6.39. The number of halogens is 3. The Balaban J connectivity index is 1.81. The molecule has 3 rings (SSSR count). The molecule has 1 N–H and O–H groups in total. The van der Waals surface area contributed by atoms with Gasteiger partial charge >= 0.3 is 0 Å². The van der Waals surface area contributed by atoms with E-state index in [-0.39, 0.29) is 18.2 Å². The second-order valence-corrected chi connectivity index (χ2v) is 8.95. The molecule has 144 valence electrons. The van der Waals surface area contributed by atoms with Crippen molar-refractivity contribution in [2.24, 2.45) is 0 Å². The molecule has 0 saturated heterocycles. The minimum Gasteiger partial charge on any atom is -0.337 e. The molecule has 0 aliphatic heterocycles. The Kier molecular flexibility index (Phi) is 5.76. The van der Waals surface area contributed by atoms with Crippen LogP contribution in [-0.2, 0) is 16.6 Å². The lowest BCUT2D eigenvalue weighted by atomic mass is 10.1. The van der Waals surface area contributed by atoms with Gasteiger partial charge in [0.15, 0.2) is 0 Å². The van der Waals surface area contributed by atoms with Crippen LogP contribution in [0.15, 0.2) is 41.3 Å². The molecule has 0 aromatic heterocycles. The van der Waals surface area contributed by atoms with E-state index >= 15 is 0 Å². The number of carbonyl (C=O) groups excluding carboxylic acids is 1. The minimum atomic E-state index is -4.01. The van der Waals surface area contributed by atoms with Gasteiger partial charge in [-0.2, -0.15) is 0 Å². The molecule has 0 bridgehead atoms. The Morgan fingerprint density at radius 1 is 1.19 bits per heavy atom. The van der Waals surface area contributed by atoms with Crippen molar-refractivity contribution in [3.8, 4) is 0 Å². The molecule has 1 aliphatic rings. The first-order chi connectivity index (χ1) is 12.7. The number of hydrogen-bond acceptors (Lipinski definition) is 3. The molecule has 0 atom stereocenters. The van der Waals surface area contributed by atoms with E-state index in [1.807, 2.05) is 0 Å². The van der Waals surface area contributed by atoms with Crippen molar-refractivity contribution < 1.29 is 17.6 Å². The minimum absolute atomic E-state index is 0.0788. The van der Waals surface area contributed by atoms with Crippen LogP contribution in [-0.4, -0.2) is 32.3 Å². The van der Waals surface area contributed by atoms with Crippen molar-refractivity contribution in [2.75, 3.05) is 7.05 Å². The molecule has 2 aromatic carbocycles. The highest BCUT2D eigenvalue weighted by Crippen LogP contribution is 2.25. The zero-order valence-electron chi connectivity index (χ0n) is 14.4. The van der Waals surface area contributed by atoms with Gasteiger partial charge in [0.25, 0.3) is 5.91 Å². The Bertz CT molecular complexity index is 994. The van der Waals surface area contributed by atoms with Crippen molar-refractivity contribution >= 4 is 39.1 Å². The number of sulfonamides is 1. The summed E-state index contributed by atoms with van der Waals surface area (Å²) in [6.45, 7) is 0.232. The van der Waals surface area contributed by atoms with Crippen LogP contribution in [0.25, 0.3) is 0 Å². The fourth-order valence-corrected chi connectivity index (χ4v) is 4.26. The van der Waals surface area contributed by atoms with Gasteiger partial charge in [0.1, 0.15) is 10.7 Å². The average molecular weight is 431 g/mol. The molecule has 9 heteroatoms. The molecule has 0 spiro atoms. The third kappa shape index (κ3) is 4.79. The lowest BCUT2D eigenvalue weighted by Gasteiger charge is -2.18. The quantitative estimate of drug-likeness (QED) is 0.756. The molecule has 0 heterocycles. The summed E-state index contributed by atoms with van der Waals surface area (Å²) in [6, 6.07) is 8.16. The highest BCUT2D eigenvalue weighted by molar-refractivity contribution is 7.89. The lowest BCUT2D eigenvalue weighted by Crippen LogP contribution is -2.28. The summed E-state index contributed by atoms with van der Waals surface area (Å²) >= 11 is 11.9. The molecule has 27 heavy (non-hydrogen) atoms. The topological polar surface area (TPSA) is 66.5 Å². The number of hydrogen-bond donors (Lipinski definition) is 1. The average Bonchev–Trinajstić information content (AvgIpc) is 3.41. The van der Waals surface area contributed by atoms with E-state index in [0.717, 1.165) is 30.5 Å². The fourth-order valence-electron chi connectivity index (χ4n) is 2.53. The smallest absolute Gasteiger partial charge is 0.253 e. The maximum absolute atomic E-state index is 14.1. The maximum atomic E-state index is 14.1. The van der Waals surface area contributed by atoms with Crippen LogP contribution < -0.4 is 4.72 Å². The van der Waals surface area contributed by atoms with E-state index in [4.69, 9.17) is 23.2 Å². The number of carbonyl (C=O) groups is 1. The summed E-state index contributed by atoms with van der Waals surface area (Å²) in [7, 11) is -2.45. The SMILES string of the molecule is CN(Cc1ccc(Cl)c(Cl)c1)C(=O)c1ccc(F)c(S(=O)(=O)NC2CC2)c1. The van der Waals surface area contributed by atoms with Crippen molar-refractivity contribution in [3.05, 3.63) is 63.4 Å². The first-order valence-electron chi connectivity index (χ1n) is 8.18. The summed E-state index contributed by atoms with van der Waals surface area (Å²) in [4.78, 5) is 13.5. The summed E-state index contributed by atoms with van der Waals surface area (Å²) in [5.74, 6) is -1.34. The predicted molar refractivity (Wildman–Crippen MR) is 102 cm³/mol. The molecule has 1 amide bonds. The van der Waals surface area contributed by atoms with Gasteiger partial charge in [0.2, 0.25) is 10.0 Å². The number of benzene rings is 2. The normalized spacial score (nSPS) is 14.2. The molecular formula is C18H17Cl2FN2O3S. The van der Waals surface area contributed by atoms with Crippen LogP contribution in [0, 0.1) is 5.82 Å². The predicted octanol–water partition coefficient (Wildman–Crippen LogP) is 3.85. The van der Waals surface area contributed by atoms with Crippen LogP contribution in [0.1, 0.15) is 28.8 Å². The number of nitrogens with zero attached hydrogens (tertiary/aromatic N) is 1.